The molecule has 1 rings (SSSR count). The lowest BCUT2D eigenvalue weighted by Gasteiger charge is -2.11. The Morgan fingerprint density at radius 1 is 1.47 bits per heavy atom. The fourth-order valence-corrected chi connectivity index (χ4v) is 1.78. The molecule has 0 aliphatic carbocycles. The molecule has 1 aromatic carbocycles. The van der Waals surface area contributed by atoms with Crippen molar-refractivity contribution in [3.05, 3.63) is 32.3 Å². The van der Waals surface area contributed by atoms with Crippen molar-refractivity contribution in [3.8, 4) is 5.75 Å². The van der Waals surface area contributed by atoms with Crippen LogP contribution in [0.5, 0.6) is 5.75 Å². The summed E-state index contributed by atoms with van der Waals surface area (Å²) in [4.78, 5) is 21.8. The first kappa shape index (κ1) is 15.4. The van der Waals surface area contributed by atoms with Crippen molar-refractivity contribution in [2.24, 2.45) is 5.92 Å². The van der Waals surface area contributed by atoms with Crippen molar-refractivity contribution in [3.63, 3.8) is 0 Å². The first-order valence-electron chi connectivity index (χ1n) is 5.55. The average Bonchev–Trinajstić information content (AvgIpc) is 2.35. The Labute approximate surface area is 119 Å². The maximum absolute atomic E-state index is 11.5. The van der Waals surface area contributed by atoms with E-state index in [0.717, 1.165) is 0 Å². The quantitative estimate of drug-likeness (QED) is 0.470. The van der Waals surface area contributed by atoms with E-state index in [1.807, 2.05) is 13.8 Å². The van der Waals surface area contributed by atoms with Crippen molar-refractivity contribution >= 4 is 27.6 Å². The smallest absolute Gasteiger partial charge is 0.345 e. The van der Waals surface area contributed by atoms with Crippen LogP contribution in [0.3, 0.4) is 0 Å². The summed E-state index contributed by atoms with van der Waals surface area (Å²) in [5, 5.41) is 10.9. The van der Waals surface area contributed by atoms with Gasteiger partial charge in [0.05, 0.1) is 23.1 Å². The Bertz CT molecular complexity index is 501. The highest BCUT2D eigenvalue weighted by molar-refractivity contribution is 9.10. The van der Waals surface area contributed by atoms with Crippen molar-refractivity contribution in [1.82, 2.24) is 0 Å². The lowest BCUT2D eigenvalue weighted by Crippen LogP contribution is -2.09. The van der Waals surface area contributed by atoms with Crippen LogP contribution in [-0.4, -0.2) is 24.6 Å². The number of carbonyl (C=O) groups is 1. The van der Waals surface area contributed by atoms with E-state index in [4.69, 9.17) is 4.74 Å². The first-order valence-corrected chi connectivity index (χ1v) is 6.35. The number of halogens is 1. The zero-order chi connectivity index (χ0) is 14.6. The number of esters is 1. The van der Waals surface area contributed by atoms with Crippen LogP contribution in [-0.2, 0) is 4.74 Å². The molecule has 0 saturated carbocycles. The number of benzene rings is 1. The van der Waals surface area contributed by atoms with Crippen molar-refractivity contribution in [2.75, 3.05) is 13.7 Å². The van der Waals surface area contributed by atoms with Gasteiger partial charge in [-0.05, 0) is 21.8 Å². The van der Waals surface area contributed by atoms with E-state index in [0.29, 0.717) is 22.7 Å². The average molecular weight is 332 g/mol. The zero-order valence-electron chi connectivity index (χ0n) is 10.8. The largest absolute Gasteiger partial charge is 0.492 e. The molecule has 7 heteroatoms. The fraction of sp³-hybridized carbons (Fsp3) is 0.417. The predicted octanol–water partition coefficient (Wildman–Crippen LogP) is 3.18. The van der Waals surface area contributed by atoms with Crippen LogP contribution < -0.4 is 4.74 Å². The molecule has 0 aliphatic rings. The molecule has 0 bridgehead atoms. The first-order chi connectivity index (χ1) is 8.86. The number of nitro groups is 1. The number of nitrogens with zero attached hydrogens (tertiary/aromatic N) is 1. The Balaban J connectivity index is 3.22. The number of methoxy groups -OCH3 is 1. The second-order valence-corrected chi connectivity index (χ2v) is 5.11. The summed E-state index contributed by atoms with van der Waals surface area (Å²) in [6.07, 6.45) is 0. The SMILES string of the molecule is COC(=O)c1cc(OCC(C)C)c(Br)cc1[N+](=O)[O-]. The lowest BCUT2D eigenvalue weighted by atomic mass is 10.1. The van der Waals surface area contributed by atoms with E-state index >= 15 is 0 Å². The van der Waals surface area contributed by atoms with Gasteiger partial charge in [0, 0.05) is 12.1 Å². The van der Waals surface area contributed by atoms with Crippen molar-refractivity contribution < 1.29 is 19.2 Å². The van der Waals surface area contributed by atoms with Crippen LogP contribution in [0.2, 0.25) is 0 Å². The zero-order valence-corrected chi connectivity index (χ0v) is 12.4. The summed E-state index contributed by atoms with van der Waals surface area (Å²) in [5.41, 5.74) is -0.454. The molecule has 0 fully saturated rings. The second kappa shape index (κ2) is 6.51. The van der Waals surface area contributed by atoms with E-state index in [1.165, 1.54) is 19.2 Å². The van der Waals surface area contributed by atoms with Crippen LogP contribution in [0.1, 0.15) is 24.2 Å². The Morgan fingerprint density at radius 3 is 2.58 bits per heavy atom. The van der Waals surface area contributed by atoms with Gasteiger partial charge in [0.2, 0.25) is 0 Å². The predicted molar refractivity (Wildman–Crippen MR) is 72.5 cm³/mol. The van der Waals surface area contributed by atoms with E-state index in [-0.39, 0.29) is 11.3 Å². The molecule has 104 valence electrons. The molecule has 19 heavy (non-hydrogen) atoms. The van der Waals surface area contributed by atoms with Gasteiger partial charge in [0.15, 0.2) is 0 Å². The minimum Gasteiger partial charge on any atom is -0.492 e. The standard InChI is InChI=1S/C12H14BrNO5/c1-7(2)6-19-11-4-8(12(15)18-3)10(14(16)17)5-9(11)13/h4-5,7H,6H2,1-3H3. The maximum Gasteiger partial charge on any atom is 0.345 e. The summed E-state index contributed by atoms with van der Waals surface area (Å²) < 4.78 is 10.4. The Kier molecular flexibility index (Phi) is 5.29. The van der Waals surface area contributed by atoms with Crippen LogP contribution in [0.15, 0.2) is 16.6 Å². The summed E-state index contributed by atoms with van der Waals surface area (Å²) in [6, 6.07) is 2.55. The number of hydrogen-bond donors (Lipinski definition) is 0. The van der Waals surface area contributed by atoms with Gasteiger partial charge in [-0.15, -0.1) is 0 Å². The van der Waals surface area contributed by atoms with Gasteiger partial charge in [0.25, 0.3) is 5.69 Å². The van der Waals surface area contributed by atoms with Gasteiger partial charge in [-0.2, -0.15) is 0 Å². The van der Waals surface area contributed by atoms with Crippen LogP contribution >= 0.6 is 15.9 Å². The summed E-state index contributed by atoms with van der Waals surface area (Å²) in [6.45, 7) is 4.39. The summed E-state index contributed by atoms with van der Waals surface area (Å²) in [7, 11) is 1.17. The fourth-order valence-electron chi connectivity index (χ4n) is 1.33. The van der Waals surface area contributed by atoms with Crippen molar-refractivity contribution in [1.29, 1.82) is 0 Å². The van der Waals surface area contributed by atoms with E-state index in [2.05, 4.69) is 20.7 Å². The van der Waals surface area contributed by atoms with Gasteiger partial charge >= 0.3 is 5.97 Å². The Hall–Kier alpha value is -1.63. The molecule has 1 aromatic rings. The van der Waals surface area contributed by atoms with Crippen LogP contribution in [0, 0.1) is 16.0 Å². The minimum absolute atomic E-state index is 0.130. The van der Waals surface area contributed by atoms with Crippen LogP contribution in [0.4, 0.5) is 5.69 Å². The van der Waals surface area contributed by atoms with Gasteiger partial charge in [0.1, 0.15) is 11.3 Å². The normalized spacial score (nSPS) is 10.4. The second-order valence-electron chi connectivity index (χ2n) is 4.25. The molecule has 0 heterocycles. The number of rotatable bonds is 5. The number of hydrogen-bond acceptors (Lipinski definition) is 5. The van der Waals surface area contributed by atoms with Gasteiger partial charge < -0.3 is 9.47 Å². The molecule has 0 atom stereocenters. The number of ether oxygens (including phenoxy) is 2. The van der Waals surface area contributed by atoms with Crippen molar-refractivity contribution in [2.45, 2.75) is 13.8 Å². The van der Waals surface area contributed by atoms with Gasteiger partial charge in [-0.3, -0.25) is 10.1 Å². The third-order valence-electron chi connectivity index (χ3n) is 2.22. The van der Waals surface area contributed by atoms with Crippen LogP contribution in [0.25, 0.3) is 0 Å². The third kappa shape index (κ3) is 3.92. The molecule has 0 unspecified atom stereocenters. The third-order valence-corrected chi connectivity index (χ3v) is 2.84. The highest BCUT2D eigenvalue weighted by Gasteiger charge is 2.24. The monoisotopic (exact) mass is 331 g/mol. The highest BCUT2D eigenvalue weighted by Crippen LogP contribution is 2.33. The lowest BCUT2D eigenvalue weighted by molar-refractivity contribution is -0.385. The highest BCUT2D eigenvalue weighted by atomic mass is 79.9. The molecular formula is C12H14BrNO5. The molecule has 0 aliphatic heterocycles. The van der Waals surface area contributed by atoms with Gasteiger partial charge in [-0.25, -0.2) is 4.79 Å². The Morgan fingerprint density at radius 2 is 2.11 bits per heavy atom. The minimum atomic E-state index is -0.770. The molecule has 0 spiro atoms. The molecule has 0 amide bonds. The molecule has 0 aromatic heterocycles. The van der Waals surface area contributed by atoms with E-state index in [9.17, 15) is 14.9 Å². The summed E-state index contributed by atoms with van der Waals surface area (Å²) in [5.74, 6) is -0.100. The molecule has 0 radical (unpaired) electrons. The maximum atomic E-state index is 11.5. The topological polar surface area (TPSA) is 78.7 Å². The molecule has 0 saturated heterocycles. The summed E-state index contributed by atoms with van der Waals surface area (Å²) >= 11 is 3.19. The van der Waals surface area contributed by atoms with E-state index in [1.54, 1.807) is 0 Å². The molecule has 6 nitrogen and oxygen atoms in total. The molecular weight excluding hydrogens is 318 g/mol. The van der Waals surface area contributed by atoms with Gasteiger partial charge in [-0.1, -0.05) is 13.8 Å². The molecule has 0 N–H and O–H groups in total. The number of nitro benzene ring substituents is 1. The number of carbonyl (C=O) groups excluding carboxylic acids is 1. The van der Waals surface area contributed by atoms with E-state index < -0.39 is 10.9 Å².